The van der Waals surface area contributed by atoms with Crippen molar-refractivity contribution in [2.75, 3.05) is 18.8 Å². The summed E-state index contributed by atoms with van der Waals surface area (Å²) in [5.74, 6) is 0.234. The minimum Gasteiger partial charge on any atom is -0.329 e. The van der Waals surface area contributed by atoms with Gasteiger partial charge >= 0.3 is 0 Å². The molecule has 1 fully saturated rings. The van der Waals surface area contributed by atoms with Gasteiger partial charge in [0.25, 0.3) is 0 Å². The molecular weight excluding hydrogens is 272 g/mol. The van der Waals surface area contributed by atoms with Crippen LogP contribution in [0.2, 0.25) is 0 Å². The van der Waals surface area contributed by atoms with Gasteiger partial charge in [0.05, 0.1) is 5.75 Å². The van der Waals surface area contributed by atoms with E-state index in [1.165, 1.54) is 0 Å². The Morgan fingerprint density at radius 2 is 1.75 bits per heavy atom. The SMILES string of the molecule is CCCN(C1(CN)CCCC1)S(=O)(=O)CCC(C)(C)C. The molecule has 0 aliphatic heterocycles. The Morgan fingerprint density at radius 3 is 2.15 bits per heavy atom. The summed E-state index contributed by atoms with van der Waals surface area (Å²) >= 11 is 0. The molecule has 0 aromatic carbocycles. The fourth-order valence-electron chi connectivity index (χ4n) is 3.01. The lowest BCUT2D eigenvalue weighted by Gasteiger charge is -2.40. The van der Waals surface area contributed by atoms with Gasteiger partial charge in [-0.3, -0.25) is 0 Å². The number of rotatable bonds is 7. The third kappa shape index (κ3) is 4.43. The first-order valence-corrected chi connectivity index (χ1v) is 9.48. The summed E-state index contributed by atoms with van der Waals surface area (Å²) in [7, 11) is -3.22. The van der Waals surface area contributed by atoms with Gasteiger partial charge in [-0.1, -0.05) is 40.5 Å². The van der Waals surface area contributed by atoms with Crippen molar-refractivity contribution in [2.24, 2.45) is 11.1 Å². The molecule has 0 aromatic rings. The monoisotopic (exact) mass is 304 g/mol. The van der Waals surface area contributed by atoms with E-state index in [9.17, 15) is 8.42 Å². The van der Waals surface area contributed by atoms with E-state index in [2.05, 4.69) is 20.8 Å². The summed E-state index contributed by atoms with van der Waals surface area (Å²) in [5, 5.41) is 0. The van der Waals surface area contributed by atoms with Gasteiger partial charge in [-0.05, 0) is 31.1 Å². The van der Waals surface area contributed by atoms with Crippen molar-refractivity contribution < 1.29 is 8.42 Å². The zero-order chi connectivity index (χ0) is 15.4. The molecule has 20 heavy (non-hydrogen) atoms. The molecule has 1 saturated carbocycles. The van der Waals surface area contributed by atoms with E-state index in [0.717, 1.165) is 32.1 Å². The first kappa shape index (κ1) is 17.9. The Hall–Kier alpha value is -0.130. The van der Waals surface area contributed by atoms with E-state index in [1.807, 2.05) is 6.92 Å². The average Bonchev–Trinajstić information content (AvgIpc) is 2.82. The lowest BCUT2D eigenvalue weighted by Crippen LogP contribution is -2.55. The van der Waals surface area contributed by atoms with Gasteiger partial charge in [-0.25, -0.2) is 8.42 Å². The van der Waals surface area contributed by atoms with Crippen molar-refractivity contribution in [2.45, 2.75) is 71.8 Å². The first-order chi connectivity index (χ1) is 9.17. The summed E-state index contributed by atoms with van der Waals surface area (Å²) in [4.78, 5) is 0. The van der Waals surface area contributed by atoms with E-state index < -0.39 is 10.0 Å². The van der Waals surface area contributed by atoms with Crippen LogP contribution in [0.1, 0.15) is 66.2 Å². The van der Waals surface area contributed by atoms with E-state index in [4.69, 9.17) is 5.73 Å². The Labute approximate surface area is 125 Å². The van der Waals surface area contributed by atoms with Gasteiger partial charge in [0.1, 0.15) is 0 Å². The van der Waals surface area contributed by atoms with Gasteiger partial charge < -0.3 is 5.73 Å². The Balaban J connectivity index is 2.94. The number of hydrogen-bond donors (Lipinski definition) is 1. The molecular formula is C15H32N2O2S. The van der Waals surface area contributed by atoms with Crippen molar-refractivity contribution in [3.05, 3.63) is 0 Å². The van der Waals surface area contributed by atoms with Crippen LogP contribution < -0.4 is 5.73 Å². The van der Waals surface area contributed by atoms with Crippen LogP contribution in [0.3, 0.4) is 0 Å². The van der Waals surface area contributed by atoms with Crippen LogP contribution in [0.25, 0.3) is 0 Å². The molecule has 0 unspecified atom stereocenters. The van der Waals surface area contributed by atoms with E-state index in [0.29, 0.717) is 19.5 Å². The predicted octanol–water partition coefficient (Wildman–Crippen LogP) is 2.74. The smallest absolute Gasteiger partial charge is 0.214 e. The van der Waals surface area contributed by atoms with Gasteiger partial charge in [0, 0.05) is 18.6 Å². The standard InChI is InChI=1S/C15H32N2O2S/c1-5-11-17(15(13-16)8-6-7-9-15)20(18,19)12-10-14(2,3)4/h5-13,16H2,1-4H3. The van der Waals surface area contributed by atoms with Gasteiger partial charge in [0.2, 0.25) is 10.0 Å². The summed E-state index contributed by atoms with van der Waals surface area (Å²) in [6.07, 6.45) is 5.54. The first-order valence-electron chi connectivity index (χ1n) is 7.87. The lowest BCUT2D eigenvalue weighted by molar-refractivity contribution is 0.196. The van der Waals surface area contributed by atoms with Crippen LogP contribution in [0.15, 0.2) is 0 Å². The molecule has 1 aliphatic rings. The Bertz CT molecular complexity index is 393. The predicted molar refractivity (Wildman–Crippen MR) is 85.1 cm³/mol. The maximum absolute atomic E-state index is 12.8. The summed E-state index contributed by atoms with van der Waals surface area (Å²) in [6.45, 7) is 9.33. The second-order valence-corrected chi connectivity index (χ2v) is 9.35. The molecule has 0 bridgehead atoms. The fraction of sp³-hybridized carbons (Fsp3) is 1.00. The number of nitrogens with two attached hydrogens (primary N) is 1. The topological polar surface area (TPSA) is 63.4 Å². The largest absolute Gasteiger partial charge is 0.329 e. The molecule has 1 rings (SSSR count). The Morgan fingerprint density at radius 1 is 1.20 bits per heavy atom. The van der Waals surface area contributed by atoms with Crippen LogP contribution >= 0.6 is 0 Å². The highest BCUT2D eigenvalue weighted by Gasteiger charge is 2.43. The highest BCUT2D eigenvalue weighted by atomic mass is 32.2. The summed E-state index contributed by atoms with van der Waals surface area (Å²) < 4.78 is 27.3. The third-order valence-corrected chi connectivity index (χ3v) is 6.28. The fourth-order valence-corrected chi connectivity index (χ4v) is 5.41. The molecule has 2 N–H and O–H groups in total. The number of sulfonamides is 1. The zero-order valence-corrected chi connectivity index (χ0v) is 14.4. The molecule has 0 heterocycles. The maximum Gasteiger partial charge on any atom is 0.214 e. The molecule has 0 aromatic heterocycles. The van der Waals surface area contributed by atoms with Crippen LogP contribution in [0.4, 0.5) is 0 Å². The van der Waals surface area contributed by atoms with Crippen LogP contribution in [0, 0.1) is 5.41 Å². The van der Waals surface area contributed by atoms with E-state index in [1.54, 1.807) is 4.31 Å². The van der Waals surface area contributed by atoms with Crippen molar-refractivity contribution in [3.63, 3.8) is 0 Å². The van der Waals surface area contributed by atoms with Crippen molar-refractivity contribution in [1.82, 2.24) is 4.31 Å². The maximum atomic E-state index is 12.8. The highest BCUT2D eigenvalue weighted by molar-refractivity contribution is 7.89. The van der Waals surface area contributed by atoms with Crippen molar-refractivity contribution >= 4 is 10.0 Å². The second-order valence-electron chi connectivity index (χ2n) is 7.33. The zero-order valence-electron chi connectivity index (χ0n) is 13.6. The minimum absolute atomic E-state index is 0.0382. The van der Waals surface area contributed by atoms with Crippen LogP contribution in [-0.2, 0) is 10.0 Å². The minimum atomic E-state index is -3.22. The molecule has 120 valence electrons. The van der Waals surface area contributed by atoms with E-state index in [-0.39, 0.29) is 16.7 Å². The van der Waals surface area contributed by atoms with Gasteiger partial charge in [-0.15, -0.1) is 0 Å². The Kier molecular flexibility index (Phi) is 6.05. The van der Waals surface area contributed by atoms with Crippen LogP contribution in [-0.4, -0.2) is 37.1 Å². The third-order valence-electron chi connectivity index (χ3n) is 4.32. The van der Waals surface area contributed by atoms with E-state index >= 15 is 0 Å². The summed E-state index contributed by atoms with van der Waals surface area (Å²) in [5.41, 5.74) is 5.70. The van der Waals surface area contributed by atoms with Gasteiger partial charge in [-0.2, -0.15) is 4.31 Å². The van der Waals surface area contributed by atoms with Crippen molar-refractivity contribution in [1.29, 1.82) is 0 Å². The molecule has 0 spiro atoms. The molecule has 0 amide bonds. The molecule has 5 heteroatoms. The normalized spacial score (nSPS) is 19.7. The van der Waals surface area contributed by atoms with Crippen LogP contribution in [0.5, 0.6) is 0 Å². The number of hydrogen-bond acceptors (Lipinski definition) is 3. The average molecular weight is 305 g/mol. The molecule has 0 radical (unpaired) electrons. The van der Waals surface area contributed by atoms with Gasteiger partial charge in [0.15, 0.2) is 0 Å². The van der Waals surface area contributed by atoms with Crippen molar-refractivity contribution in [3.8, 4) is 0 Å². The second kappa shape index (κ2) is 6.75. The quantitative estimate of drug-likeness (QED) is 0.786. The number of nitrogens with zero attached hydrogens (tertiary/aromatic N) is 1. The molecule has 4 nitrogen and oxygen atoms in total. The lowest BCUT2D eigenvalue weighted by atomic mass is 9.94. The molecule has 0 atom stereocenters. The molecule has 1 aliphatic carbocycles. The summed E-state index contributed by atoms with van der Waals surface area (Å²) in [6, 6.07) is 0. The molecule has 0 saturated heterocycles. The highest BCUT2D eigenvalue weighted by Crippen LogP contribution is 2.37.